The maximum atomic E-state index is 12.1. The SMILES string of the molecule is CC(C)c1ccc(C2NC(=O)N(CCO)C2=O)cc1. The Morgan fingerprint density at radius 2 is 1.89 bits per heavy atom. The minimum absolute atomic E-state index is 0.0330. The number of nitrogens with one attached hydrogen (secondary N) is 1. The Labute approximate surface area is 112 Å². The lowest BCUT2D eigenvalue weighted by Crippen LogP contribution is -2.33. The number of benzene rings is 1. The highest BCUT2D eigenvalue weighted by Crippen LogP contribution is 2.23. The molecule has 1 saturated heterocycles. The van der Waals surface area contributed by atoms with Crippen LogP contribution in [0.1, 0.15) is 36.9 Å². The fourth-order valence-electron chi connectivity index (χ4n) is 2.13. The molecule has 5 heteroatoms. The molecule has 1 fully saturated rings. The highest BCUT2D eigenvalue weighted by atomic mass is 16.3. The lowest BCUT2D eigenvalue weighted by atomic mass is 9.99. The van der Waals surface area contributed by atoms with E-state index in [4.69, 9.17) is 5.11 Å². The summed E-state index contributed by atoms with van der Waals surface area (Å²) in [7, 11) is 0. The minimum atomic E-state index is -0.639. The number of amides is 3. The lowest BCUT2D eigenvalue weighted by Gasteiger charge is -2.12. The predicted octanol–water partition coefficient (Wildman–Crippen LogP) is 1.40. The molecule has 0 aliphatic carbocycles. The Morgan fingerprint density at radius 1 is 1.26 bits per heavy atom. The topological polar surface area (TPSA) is 69.6 Å². The standard InChI is InChI=1S/C14H18N2O3/c1-9(2)10-3-5-11(6-4-10)12-13(18)16(7-8-17)14(19)15-12/h3-6,9,12,17H,7-8H2,1-2H3,(H,15,19). The van der Waals surface area contributed by atoms with E-state index in [1.54, 1.807) is 0 Å². The third-order valence-electron chi connectivity index (χ3n) is 3.29. The second kappa shape index (κ2) is 5.40. The second-order valence-corrected chi connectivity index (χ2v) is 4.92. The van der Waals surface area contributed by atoms with Crippen molar-refractivity contribution in [2.24, 2.45) is 0 Å². The Bertz CT molecular complexity index is 482. The average molecular weight is 262 g/mol. The molecule has 0 radical (unpaired) electrons. The normalized spacial score (nSPS) is 19.2. The van der Waals surface area contributed by atoms with Crippen molar-refractivity contribution in [1.29, 1.82) is 0 Å². The summed E-state index contributed by atoms with van der Waals surface area (Å²) in [6.07, 6.45) is 0. The van der Waals surface area contributed by atoms with Gasteiger partial charge in [-0.1, -0.05) is 38.1 Å². The summed E-state index contributed by atoms with van der Waals surface area (Å²) in [6.45, 7) is 4.00. The summed E-state index contributed by atoms with van der Waals surface area (Å²) in [4.78, 5) is 24.7. The Morgan fingerprint density at radius 3 is 2.42 bits per heavy atom. The minimum Gasteiger partial charge on any atom is -0.395 e. The van der Waals surface area contributed by atoms with Gasteiger partial charge in [0.05, 0.1) is 13.2 Å². The maximum Gasteiger partial charge on any atom is 0.325 e. The number of urea groups is 1. The summed E-state index contributed by atoms with van der Waals surface area (Å²) in [5, 5.41) is 11.5. The van der Waals surface area contributed by atoms with Crippen LogP contribution in [0, 0.1) is 0 Å². The molecular weight excluding hydrogens is 244 g/mol. The first-order valence-electron chi connectivity index (χ1n) is 6.37. The van der Waals surface area contributed by atoms with E-state index in [1.165, 1.54) is 5.56 Å². The van der Waals surface area contributed by atoms with Gasteiger partial charge in [0.1, 0.15) is 6.04 Å². The molecule has 1 aliphatic rings. The second-order valence-electron chi connectivity index (χ2n) is 4.92. The quantitative estimate of drug-likeness (QED) is 0.806. The van der Waals surface area contributed by atoms with Gasteiger partial charge >= 0.3 is 6.03 Å². The van der Waals surface area contributed by atoms with Gasteiger partial charge < -0.3 is 10.4 Å². The van der Waals surface area contributed by atoms with Crippen molar-refractivity contribution in [2.75, 3.05) is 13.2 Å². The van der Waals surface area contributed by atoms with E-state index >= 15 is 0 Å². The third kappa shape index (κ3) is 2.61. The maximum absolute atomic E-state index is 12.1. The van der Waals surface area contributed by atoms with Crippen LogP contribution in [0.25, 0.3) is 0 Å². The molecule has 1 aliphatic heterocycles. The van der Waals surface area contributed by atoms with Gasteiger partial charge in [0, 0.05) is 0 Å². The van der Waals surface area contributed by atoms with Gasteiger partial charge in [0.2, 0.25) is 0 Å². The van der Waals surface area contributed by atoms with Crippen molar-refractivity contribution in [2.45, 2.75) is 25.8 Å². The van der Waals surface area contributed by atoms with Gasteiger partial charge in [-0.25, -0.2) is 4.79 Å². The summed E-state index contributed by atoms with van der Waals surface area (Å²) in [5.74, 6) is 0.116. The molecule has 1 heterocycles. The predicted molar refractivity (Wildman–Crippen MR) is 70.6 cm³/mol. The number of aliphatic hydroxyl groups excluding tert-OH is 1. The van der Waals surface area contributed by atoms with E-state index in [2.05, 4.69) is 19.2 Å². The van der Waals surface area contributed by atoms with Crippen LogP contribution < -0.4 is 5.32 Å². The van der Waals surface area contributed by atoms with Gasteiger partial charge in [-0.05, 0) is 17.0 Å². The van der Waals surface area contributed by atoms with Crippen molar-refractivity contribution in [3.05, 3.63) is 35.4 Å². The molecular formula is C14H18N2O3. The van der Waals surface area contributed by atoms with E-state index in [0.29, 0.717) is 5.92 Å². The zero-order chi connectivity index (χ0) is 14.0. The van der Waals surface area contributed by atoms with Crippen LogP contribution in [0.3, 0.4) is 0 Å². The number of hydrogen-bond acceptors (Lipinski definition) is 3. The molecule has 19 heavy (non-hydrogen) atoms. The fraction of sp³-hybridized carbons (Fsp3) is 0.429. The first kappa shape index (κ1) is 13.5. The zero-order valence-electron chi connectivity index (χ0n) is 11.1. The number of carbonyl (C=O) groups is 2. The molecule has 0 aromatic heterocycles. The van der Waals surface area contributed by atoms with E-state index in [-0.39, 0.29) is 19.1 Å². The van der Waals surface area contributed by atoms with Gasteiger partial charge in [-0.15, -0.1) is 0 Å². The molecule has 102 valence electrons. The molecule has 1 atom stereocenters. The number of aliphatic hydroxyl groups is 1. The summed E-state index contributed by atoms with van der Waals surface area (Å²) >= 11 is 0. The monoisotopic (exact) mass is 262 g/mol. The van der Waals surface area contributed by atoms with Crippen LogP contribution in [-0.4, -0.2) is 35.1 Å². The number of nitrogens with zero attached hydrogens (tertiary/aromatic N) is 1. The van der Waals surface area contributed by atoms with Gasteiger partial charge in [0.15, 0.2) is 0 Å². The van der Waals surface area contributed by atoms with Crippen molar-refractivity contribution in [3.8, 4) is 0 Å². The van der Waals surface area contributed by atoms with Crippen LogP contribution in [0.5, 0.6) is 0 Å². The molecule has 1 unspecified atom stereocenters. The Balaban J connectivity index is 2.19. The van der Waals surface area contributed by atoms with Crippen molar-refractivity contribution >= 4 is 11.9 Å². The summed E-state index contributed by atoms with van der Waals surface area (Å²) < 4.78 is 0. The van der Waals surface area contributed by atoms with Crippen molar-refractivity contribution in [3.63, 3.8) is 0 Å². The zero-order valence-corrected chi connectivity index (χ0v) is 11.1. The van der Waals surface area contributed by atoms with Crippen LogP contribution >= 0.6 is 0 Å². The van der Waals surface area contributed by atoms with Crippen LogP contribution in [0.4, 0.5) is 4.79 Å². The summed E-state index contributed by atoms with van der Waals surface area (Å²) in [5.41, 5.74) is 1.95. The first-order chi connectivity index (χ1) is 9.04. The molecule has 1 aromatic rings. The van der Waals surface area contributed by atoms with Crippen LogP contribution in [-0.2, 0) is 4.79 Å². The lowest BCUT2D eigenvalue weighted by molar-refractivity contribution is -0.127. The summed E-state index contributed by atoms with van der Waals surface area (Å²) in [6, 6.07) is 6.57. The largest absolute Gasteiger partial charge is 0.395 e. The fourth-order valence-corrected chi connectivity index (χ4v) is 2.13. The number of carbonyl (C=O) groups excluding carboxylic acids is 2. The number of imide groups is 1. The number of hydrogen-bond donors (Lipinski definition) is 2. The number of β-amino-alcohol motifs (C(OH)–C–C–N with tert-alkyl or cyclic N) is 1. The van der Waals surface area contributed by atoms with Crippen LogP contribution in [0.15, 0.2) is 24.3 Å². The molecule has 2 rings (SSSR count). The van der Waals surface area contributed by atoms with Crippen LogP contribution in [0.2, 0.25) is 0 Å². The average Bonchev–Trinajstić information content (AvgIpc) is 2.67. The van der Waals surface area contributed by atoms with Crippen molar-refractivity contribution in [1.82, 2.24) is 10.2 Å². The molecule has 1 aromatic carbocycles. The van der Waals surface area contributed by atoms with E-state index < -0.39 is 12.1 Å². The van der Waals surface area contributed by atoms with Gasteiger partial charge in [-0.3, -0.25) is 9.69 Å². The highest BCUT2D eigenvalue weighted by molar-refractivity contribution is 6.04. The van der Waals surface area contributed by atoms with Crippen molar-refractivity contribution < 1.29 is 14.7 Å². The first-order valence-corrected chi connectivity index (χ1v) is 6.37. The highest BCUT2D eigenvalue weighted by Gasteiger charge is 2.38. The van der Waals surface area contributed by atoms with E-state index in [1.807, 2.05) is 24.3 Å². The van der Waals surface area contributed by atoms with E-state index in [9.17, 15) is 9.59 Å². The molecule has 0 saturated carbocycles. The molecule has 0 spiro atoms. The smallest absolute Gasteiger partial charge is 0.325 e. The molecule has 0 bridgehead atoms. The Kier molecular flexibility index (Phi) is 3.85. The third-order valence-corrected chi connectivity index (χ3v) is 3.29. The number of rotatable bonds is 4. The molecule has 3 amide bonds. The van der Waals surface area contributed by atoms with Gasteiger partial charge in [0.25, 0.3) is 5.91 Å². The Hall–Kier alpha value is -1.88. The molecule has 2 N–H and O–H groups in total. The molecule has 5 nitrogen and oxygen atoms in total. The van der Waals surface area contributed by atoms with Gasteiger partial charge in [-0.2, -0.15) is 0 Å². The van der Waals surface area contributed by atoms with E-state index in [0.717, 1.165) is 10.5 Å².